The highest BCUT2D eigenvalue weighted by Crippen LogP contribution is 2.31. The largest absolute Gasteiger partial charge is 0.494 e. The van der Waals surface area contributed by atoms with Crippen LogP contribution >= 0.6 is 0 Å². The molecule has 4 aromatic rings. The molecule has 154 valence electrons. The number of rotatable bonds is 7. The molecule has 2 heterocycles. The Hall–Kier alpha value is -4.04. The molecule has 0 atom stereocenters. The van der Waals surface area contributed by atoms with Gasteiger partial charge in [0.1, 0.15) is 11.8 Å². The van der Waals surface area contributed by atoms with Gasteiger partial charge in [0.15, 0.2) is 0 Å². The van der Waals surface area contributed by atoms with Crippen molar-refractivity contribution in [2.45, 2.75) is 20.3 Å². The lowest BCUT2D eigenvalue weighted by Crippen LogP contribution is -1.99. The first-order valence-corrected chi connectivity index (χ1v) is 10.3. The molecule has 5 nitrogen and oxygen atoms in total. The second-order valence-corrected chi connectivity index (χ2v) is 7.32. The van der Waals surface area contributed by atoms with Crippen molar-refractivity contribution in [1.82, 2.24) is 9.97 Å². The number of fused-ring (bicyclic) bond motifs is 1. The topological polar surface area (TPSA) is 73.7 Å². The van der Waals surface area contributed by atoms with Crippen LogP contribution in [-0.4, -0.2) is 16.6 Å². The maximum atomic E-state index is 9.64. The monoisotopic (exact) mass is 408 g/mol. The van der Waals surface area contributed by atoms with E-state index in [0.717, 1.165) is 51.1 Å². The molecule has 0 aliphatic heterocycles. The van der Waals surface area contributed by atoms with Crippen LogP contribution < -0.4 is 10.1 Å². The van der Waals surface area contributed by atoms with Crippen molar-refractivity contribution >= 4 is 34.4 Å². The summed E-state index contributed by atoms with van der Waals surface area (Å²) in [4.78, 5) is 7.47. The number of pyridine rings is 1. The summed E-state index contributed by atoms with van der Waals surface area (Å²) in [5.41, 5.74) is 6.30. The molecule has 31 heavy (non-hydrogen) atoms. The van der Waals surface area contributed by atoms with Gasteiger partial charge in [-0.15, -0.1) is 0 Å². The van der Waals surface area contributed by atoms with Crippen LogP contribution in [0, 0.1) is 18.3 Å². The van der Waals surface area contributed by atoms with Crippen molar-refractivity contribution in [2.75, 3.05) is 11.9 Å². The fourth-order valence-electron chi connectivity index (χ4n) is 3.46. The summed E-state index contributed by atoms with van der Waals surface area (Å²) in [6.45, 7) is 4.87. The lowest BCUT2D eigenvalue weighted by atomic mass is 10.1. The van der Waals surface area contributed by atoms with Crippen LogP contribution in [0.3, 0.4) is 0 Å². The van der Waals surface area contributed by atoms with Gasteiger partial charge in [0, 0.05) is 40.7 Å². The fourth-order valence-corrected chi connectivity index (χ4v) is 3.46. The molecule has 5 heteroatoms. The minimum Gasteiger partial charge on any atom is -0.494 e. The lowest BCUT2D eigenvalue weighted by molar-refractivity contribution is 0.317. The molecule has 0 unspecified atom stereocenters. The number of benzene rings is 2. The van der Waals surface area contributed by atoms with Crippen molar-refractivity contribution in [3.8, 4) is 11.8 Å². The van der Waals surface area contributed by atoms with Gasteiger partial charge >= 0.3 is 0 Å². The second-order valence-electron chi connectivity index (χ2n) is 7.32. The third-order valence-electron chi connectivity index (χ3n) is 5.17. The van der Waals surface area contributed by atoms with Crippen molar-refractivity contribution < 1.29 is 4.74 Å². The Labute approximate surface area is 182 Å². The van der Waals surface area contributed by atoms with Gasteiger partial charge in [-0.2, -0.15) is 5.26 Å². The summed E-state index contributed by atoms with van der Waals surface area (Å²) in [7, 11) is 0. The van der Waals surface area contributed by atoms with Gasteiger partial charge in [0.05, 0.1) is 17.9 Å². The van der Waals surface area contributed by atoms with E-state index >= 15 is 0 Å². The summed E-state index contributed by atoms with van der Waals surface area (Å²) in [5, 5.41) is 14.3. The SMILES string of the molecule is CCCOc1ccc(/C=C/c2cncc(C#N)c2Nc2ccc3[nH]ccc3c2C)cc1. The minimum absolute atomic E-state index is 0.499. The van der Waals surface area contributed by atoms with Gasteiger partial charge in [0.2, 0.25) is 0 Å². The summed E-state index contributed by atoms with van der Waals surface area (Å²) in [6.07, 6.45) is 10.3. The van der Waals surface area contributed by atoms with Crippen molar-refractivity contribution in [1.29, 1.82) is 5.26 Å². The van der Waals surface area contributed by atoms with Gasteiger partial charge < -0.3 is 15.0 Å². The number of H-pyrrole nitrogens is 1. The third kappa shape index (κ3) is 4.44. The van der Waals surface area contributed by atoms with E-state index in [1.165, 1.54) is 0 Å². The first kappa shape index (κ1) is 20.2. The standard InChI is InChI=1S/C26H24N4O/c1-3-14-31-22-8-5-19(6-9-22)4-7-20-16-28-17-21(15-27)26(20)30-24-10-11-25-23(18(24)2)12-13-29-25/h4-13,16-17,29H,3,14H2,1-2H3,(H,28,30)/b7-4+. The molecule has 2 aromatic carbocycles. The number of nitriles is 1. The molecule has 0 saturated carbocycles. The molecular weight excluding hydrogens is 384 g/mol. The minimum atomic E-state index is 0.499. The zero-order valence-electron chi connectivity index (χ0n) is 17.6. The number of nitrogens with zero attached hydrogens (tertiary/aromatic N) is 2. The zero-order valence-corrected chi connectivity index (χ0v) is 17.6. The molecular formula is C26H24N4O. The van der Waals surface area contributed by atoms with E-state index in [0.29, 0.717) is 12.2 Å². The van der Waals surface area contributed by atoms with Crippen molar-refractivity contribution in [2.24, 2.45) is 0 Å². The molecule has 2 N–H and O–H groups in total. The van der Waals surface area contributed by atoms with Gasteiger partial charge in [0.25, 0.3) is 0 Å². The van der Waals surface area contributed by atoms with E-state index in [1.54, 1.807) is 12.4 Å². The van der Waals surface area contributed by atoms with Crippen LogP contribution in [0.5, 0.6) is 5.75 Å². The smallest absolute Gasteiger partial charge is 0.119 e. The zero-order chi connectivity index (χ0) is 21.6. The molecule has 0 fully saturated rings. The van der Waals surface area contributed by atoms with Crippen LogP contribution in [0.4, 0.5) is 11.4 Å². The first-order chi connectivity index (χ1) is 15.2. The van der Waals surface area contributed by atoms with E-state index in [4.69, 9.17) is 4.74 Å². The maximum absolute atomic E-state index is 9.64. The Morgan fingerprint density at radius 3 is 2.71 bits per heavy atom. The lowest BCUT2D eigenvalue weighted by Gasteiger charge is -2.14. The maximum Gasteiger partial charge on any atom is 0.119 e. The number of anilines is 2. The first-order valence-electron chi connectivity index (χ1n) is 10.3. The number of hydrogen-bond acceptors (Lipinski definition) is 4. The van der Waals surface area contributed by atoms with Crippen molar-refractivity contribution in [3.63, 3.8) is 0 Å². The quantitative estimate of drug-likeness (QED) is 0.369. The van der Waals surface area contributed by atoms with Crippen LogP contribution in [0.2, 0.25) is 0 Å². The Bertz CT molecular complexity index is 1260. The predicted octanol–water partition coefficient (Wildman–Crippen LogP) is 6.45. The second kappa shape index (κ2) is 9.19. The molecule has 0 aliphatic rings. The normalized spacial score (nSPS) is 11.0. The van der Waals surface area contributed by atoms with Gasteiger partial charge in [-0.25, -0.2) is 0 Å². The van der Waals surface area contributed by atoms with E-state index in [-0.39, 0.29) is 0 Å². The highest BCUT2D eigenvalue weighted by molar-refractivity contribution is 5.90. The summed E-state index contributed by atoms with van der Waals surface area (Å²) < 4.78 is 5.64. The number of ether oxygens (including phenoxy) is 1. The average Bonchev–Trinajstić information content (AvgIpc) is 3.29. The van der Waals surface area contributed by atoms with E-state index in [2.05, 4.69) is 41.3 Å². The fraction of sp³-hybridized carbons (Fsp3) is 0.154. The molecule has 0 saturated heterocycles. The van der Waals surface area contributed by atoms with E-state index in [1.807, 2.05) is 54.7 Å². The molecule has 0 aliphatic carbocycles. The number of aromatic amines is 1. The highest BCUT2D eigenvalue weighted by Gasteiger charge is 2.11. The molecule has 0 amide bonds. The number of nitrogens with one attached hydrogen (secondary N) is 2. The Kier molecular flexibility index (Phi) is 6.00. The van der Waals surface area contributed by atoms with Crippen molar-refractivity contribution in [3.05, 3.63) is 83.3 Å². The summed E-state index contributed by atoms with van der Waals surface area (Å²) in [5.74, 6) is 0.866. The Morgan fingerprint density at radius 1 is 1.10 bits per heavy atom. The predicted molar refractivity (Wildman–Crippen MR) is 126 cm³/mol. The Balaban J connectivity index is 1.63. The Morgan fingerprint density at radius 2 is 1.94 bits per heavy atom. The summed E-state index contributed by atoms with van der Waals surface area (Å²) >= 11 is 0. The number of aryl methyl sites for hydroxylation is 1. The van der Waals surface area contributed by atoms with Gasteiger partial charge in [-0.3, -0.25) is 4.98 Å². The average molecular weight is 409 g/mol. The van der Waals surface area contributed by atoms with Crippen LogP contribution in [0.15, 0.2) is 61.1 Å². The summed E-state index contributed by atoms with van der Waals surface area (Å²) in [6, 6.07) is 16.3. The van der Waals surface area contributed by atoms with Crippen LogP contribution in [0.25, 0.3) is 23.1 Å². The molecule has 0 spiro atoms. The van der Waals surface area contributed by atoms with E-state index < -0.39 is 0 Å². The van der Waals surface area contributed by atoms with Crippen LogP contribution in [-0.2, 0) is 0 Å². The molecule has 4 rings (SSSR count). The number of hydrogen-bond donors (Lipinski definition) is 2. The van der Waals surface area contributed by atoms with Gasteiger partial charge in [-0.1, -0.05) is 31.2 Å². The molecule has 2 aromatic heterocycles. The highest BCUT2D eigenvalue weighted by atomic mass is 16.5. The van der Waals surface area contributed by atoms with Crippen LogP contribution in [0.1, 0.15) is 35.6 Å². The molecule has 0 bridgehead atoms. The van der Waals surface area contributed by atoms with E-state index in [9.17, 15) is 5.26 Å². The van der Waals surface area contributed by atoms with Gasteiger partial charge in [-0.05, 0) is 54.8 Å². The third-order valence-corrected chi connectivity index (χ3v) is 5.17. The number of aromatic nitrogens is 2. The molecule has 0 radical (unpaired) electrons.